The maximum Gasteiger partial charge on any atom is 0.254 e. The number of likely N-dealkylation sites (tertiary alicyclic amines) is 1. The highest BCUT2D eigenvalue weighted by molar-refractivity contribution is 5.95. The average molecular weight is 416 g/mol. The number of likely N-dealkylation sites (N-methyl/N-ethyl adjacent to an activating group) is 1. The minimum atomic E-state index is -0.521. The summed E-state index contributed by atoms with van der Waals surface area (Å²) in [5, 5.41) is 3.02. The lowest BCUT2D eigenvalue weighted by Crippen LogP contribution is -2.55. The van der Waals surface area contributed by atoms with Gasteiger partial charge in [0.05, 0.1) is 0 Å². The second-order valence-corrected chi connectivity index (χ2v) is 8.60. The quantitative estimate of drug-likeness (QED) is 0.709. The summed E-state index contributed by atoms with van der Waals surface area (Å²) in [6.45, 7) is 12.3. The van der Waals surface area contributed by atoms with E-state index in [0.717, 1.165) is 11.1 Å². The number of amides is 3. The fourth-order valence-corrected chi connectivity index (χ4v) is 4.14. The van der Waals surface area contributed by atoms with Crippen molar-refractivity contribution in [2.24, 2.45) is 11.8 Å². The van der Waals surface area contributed by atoms with Gasteiger partial charge in [0.25, 0.3) is 5.91 Å². The summed E-state index contributed by atoms with van der Waals surface area (Å²) in [5.74, 6) is 0.231. The Bertz CT molecular complexity index is 735. The third-order valence-corrected chi connectivity index (χ3v) is 5.93. The monoisotopic (exact) mass is 415 g/mol. The molecule has 1 aliphatic rings. The van der Waals surface area contributed by atoms with Gasteiger partial charge in [0, 0.05) is 38.2 Å². The molecule has 1 aliphatic heterocycles. The molecule has 0 spiro atoms. The Morgan fingerprint density at radius 3 is 2.23 bits per heavy atom. The molecule has 166 valence electrons. The smallest absolute Gasteiger partial charge is 0.254 e. The van der Waals surface area contributed by atoms with Gasteiger partial charge in [0.15, 0.2) is 0 Å². The van der Waals surface area contributed by atoms with Crippen molar-refractivity contribution in [1.82, 2.24) is 15.1 Å². The van der Waals surface area contributed by atoms with Gasteiger partial charge in [-0.25, -0.2) is 0 Å². The first-order valence-corrected chi connectivity index (χ1v) is 11.2. The van der Waals surface area contributed by atoms with Crippen molar-refractivity contribution in [2.75, 3.05) is 26.2 Å². The largest absolute Gasteiger partial charge is 0.344 e. The molecule has 1 N–H and O–H groups in total. The molecule has 6 nitrogen and oxygen atoms in total. The molecule has 3 amide bonds. The van der Waals surface area contributed by atoms with Crippen molar-refractivity contribution in [3.63, 3.8) is 0 Å². The predicted molar refractivity (Wildman–Crippen MR) is 119 cm³/mol. The first kappa shape index (κ1) is 23.9. The summed E-state index contributed by atoms with van der Waals surface area (Å²) < 4.78 is 0. The van der Waals surface area contributed by atoms with Gasteiger partial charge in [-0.3, -0.25) is 14.4 Å². The molecule has 1 aromatic rings. The number of piperidine rings is 1. The van der Waals surface area contributed by atoms with Gasteiger partial charge in [-0.15, -0.1) is 0 Å². The minimum Gasteiger partial charge on any atom is -0.344 e. The van der Waals surface area contributed by atoms with E-state index < -0.39 is 6.04 Å². The van der Waals surface area contributed by atoms with E-state index in [2.05, 4.69) is 5.32 Å². The second-order valence-electron chi connectivity index (χ2n) is 8.60. The van der Waals surface area contributed by atoms with Gasteiger partial charge in [-0.1, -0.05) is 32.0 Å². The molecule has 1 saturated heterocycles. The zero-order valence-electron chi connectivity index (χ0n) is 19.1. The normalized spacial score (nSPS) is 15.7. The first-order chi connectivity index (χ1) is 14.3. The highest BCUT2D eigenvalue weighted by Crippen LogP contribution is 2.24. The Balaban J connectivity index is 2.09. The number of hydrogen-bond acceptors (Lipinski definition) is 3. The standard InChI is InChI=1S/C24H37N3O3/c1-6-26(7-2)24(30)22(25-21(28)16-17(3)4)19-12-14-27(15-13-19)23(29)20-11-9-8-10-18(20)5/h8-11,17,19,22H,6-7,12-16H2,1-5H3,(H,25,28)/t22-/m1/s1. The first-order valence-electron chi connectivity index (χ1n) is 11.2. The molecule has 0 radical (unpaired) electrons. The molecule has 1 heterocycles. The van der Waals surface area contributed by atoms with Gasteiger partial charge >= 0.3 is 0 Å². The van der Waals surface area contributed by atoms with Crippen LogP contribution in [0.3, 0.4) is 0 Å². The second kappa shape index (κ2) is 11.1. The number of nitrogens with zero attached hydrogens (tertiary/aromatic N) is 2. The number of carbonyl (C=O) groups excluding carboxylic acids is 3. The highest BCUT2D eigenvalue weighted by Gasteiger charge is 2.35. The van der Waals surface area contributed by atoms with E-state index in [0.29, 0.717) is 45.4 Å². The van der Waals surface area contributed by atoms with Crippen LogP contribution in [0.15, 0.2) is 24.3 Å². The molecule has 0 aromatic heterocycles. The molecule has 2 rings (SSSR count). The Hall–Kier alpha value is -2.37. The number of aryl methyl sites for hydroxylation is 1. The Kier molecular flexibility index (Phi) is 8.88. The highest BCUT2D eigenvalue weighted by atomic mass is 16.2. The van der Waals surface area contributed by atoms with E-state index in [1.165, 1.54) is 0 Å². The summed E-state index contributed by atoms with van der Waals surface area (Å²) in [6.07, 6.45) is 1.82. The van der Waals surface area contributed by atoms with Crippen molar-refractivity contribution in [2.45, 2.75) is 59.9 Å². The van der Waals surface area contributed by atoms with Crippen LogP contribution < -0.4 is 5.32 Å². The minimum absolute atomic E-state index is 0.0132. The maximum absolute atomic E-state index is 13.1. The lowest BCUT2D eigenvalue weighted by molar-refractivity contribution is -0.138. The molecule has 1 aromatic carbocycles. The van der Waals surface area contributed by atoms with Crippen molar-refractivity contribution in [3.8, 4) is 0 Å². The van der Waals surface area contributed by atoms with E-state index in [4.69, 9.17) is 0 Å². The van der Waals surface area contributed by atoms with Gasteiger partial charge in [0.1, 0.15) is 6.04 Å². The lowest BCUT2D eigenvalue weighted by atomic mass is 9.87. The van der Waals surface area contributed by atoms with Crippen LogP contribution in [-0.2, 0) is 9.59 Å². The Morgan fingerprint density at radius 1 is 1.10 bits per heavy atom. The molecule has 30 heavy (non-hydrogen) atoms. The summed E-state index contributed by atoms with van der Waals surface area (Å²) >= 11 is 0. The van der Waals surface area contributed by atoms with Crippen molar-refractivity contribution >= 4 is 17.7 Å². The van der Waals surface area contributed by atoms with E-state index in [1.54, 1.807) is 4.90 Å². The molecular weight excluding hydrogens is 378 g/mol. The van der Waals surface area contributed by atoms with Gasteiger partial charge in [-0.05, 0) is 57.1 Å². The Labute approximate surface area is 181 Å². The van der Waals surface area contributed by atoms with Gasteiger partial charge in [0.2, 0.25) is 11.8 Å². The fourth-order valence-electron chi connectivity index (χ4n) is 4.14. The molecule has 0 bridgehead atoms. The van der Waals surface area contributed by atoms with Crippen LogP contribution in [0.4, 0.5) is 0 Å². The average Bonchev–Trinajstić information content (AvgIpc) is 2.72. The maximum atomic E-state index is 13.1. The third kappa shape index (κ3) is 6.07. The molecule has 0 saturated carbocycles. The third-order valence-electron chi connectivity index (χ3n) is 5.93. The summed E-state index contributed by atoms with van der Waals surface area (Å²) in [5.41, 5.74) is 1.71. The molecule has 1 atom stereocenters. The number of hydrogen-bond donors (Lipinski definition) is 1. The predicted octanol–water partition coefficient (Wildman–Crippen LogP) is 3.25. The number of nitrogens with one attached hydrogen (secondary N) is 1. The molecule has 6 heteroatoms. The summed E-state index contributed by atoms with van der Waals surface area (Å²) in [6, 6.07) is 7.11. The summed E-state index contributed by atoms with van der Waals surface area (Å²) in [7, 11) is 0. The number of benzene rings is 1. The van der Waals surface area contributed by atoms with Crippen molar-refractivity contribution < 1.29 is 14.4 Å². The van der Waals surface area contributed by atoms with Gasteiger partial charge < -0.3 is 15.1 Å². The van der Waals surface area contributed by atoms with Crippen LogP contribution in [0.25, 0.3) is 0 Å². The SMILES string of the molecule is CCN(CC)C(=O)[C@H](NC(=O)CC(C)C)C1CCN(C(=O)c2ccccc2C)CC1. The molecular formula is C24H37N3O3. The van der Waals surface area contributed by atoms with Crippen LogP contribution in [0, 0.1) is 18.8 Å². The summed E-state index contributed by atoms with van der Waals surface area (Å²) in [4.78, 5) is 42.2. The zero-order valence-corrected chi connectivity index (χ0v) is 19.1. The molecule has 0 aliphatic carbocycles. The van der Waals surface area contributed by atoms with E-state index in [9.17, 15) is 14.4 Å². The number of carbonyl (C=O) groups is 3. The zero-order chi connectivity index (χ0) is 22.3. The van der Waals surface area contributed by atoms with Crippen LogP contribution in [-0.4, -0.2) is 59.7 Å². The van der Waals surface area contributed by atoms with E-state index >= 15 is 0 Å². The van der Waals surface area contributed by atoms with E-state index in [-0.39, 0.29) is 29.6 Å². The van der Waals surface area contributed by atoms with Crippen LogP contribution >= 0.6 is 0 Å². The lowest BCUT2D eigenvalue weighted by Gasteiger charge is -2.37. The Morgan fingerprint density at radius 2 is 1.70 bits per heavy atom. The van der Waals surface area contributed by atoms with Crippen molar-refractivity contribution in [1.29, 1.82) is 0 Å². The van der Waals surface area contributed by atoms with E-state index in [1.807, 2.05) is 63.8 Å². The van der Waals surface area contributed by atoms with Crippen molar-refractivity contribution in [3.05, 3.63) is 35.4 Å². The topological polar surface area (TPSA) is 69.7 Å². The van der Waals surface area contributed by atoms with Gasteiger partial charge in [-0.2, -0.15) is 0 Å². The van der Waals surface area contributed by atoms with Crippen LogP contribution in [0.2, 0.25) is 0 Å². The molecule has 1 fully saturated rings. The fraction of sp³-hybridized carbons (Fsp3) is 0.625. The number of rotatable bonds is 8. The van der Waals surface area contributed by atoms with Crippen LogP contribution in [0.5, 0.6) is 0 Å². The van der Waals surface area contributed by atoms with Crippen LogP contribution in [0.1, 0.15) is 62.9 Å². The molecule has 0 unspecified atom stereocenters.